The zero-order chi connectivity index (χ0) is 15.7. The topological polar surface area (TPSA) is 63.2 Å². The fourth-order valence-electron chi connectivity index (χ4n) is 1.81. The van der Waals surface area contributed by atoms with Crippen LogP contribution in [0.1, 0.15) is 44.7 Å². The van der Waals surface area contributed by atoms with Crippen molar-refractivity contribution in [2.24, 2.45) is 5.92 Å². The molecule has 0 bridgehead atoms. The van der Waals surface area contributed by atoms with Crippen LogP contribution in [-0.4, -0.2) is 14.3 Å². The predicted octanol–water partition coefficient (Wildman–Crippen LogP) is 3.64. The Balaban J connectivity index is 3.42. The summed E-state index contributed by atoms with van der Waals surface area (Å²) in [6.45, 7) is 9.23. The van der Waals surface area contributed by atoms with Crippen molar-refractivity contribution in [2.75, 3.05) is 5.32 Å². The van der Waals surface area contributed by atoms with Crippen LogP contribution >= 0.6 is 10.7 Å². The minimum absolute atomic E-state index is 0.0583. The normalized spacial score (nSPS) is 12.0. The van der Waals surface area contributed by atoms with Gasteiger partial charge in [0.1, 0.15) is 0 Å². The highest BCUT2D eigenvalue weighted by molar-refractivity contribution is 8.13. The number of benzene rings is 1. The number of hydrogen-bond acceptors (Lipinski definition) is 3. The molecule has 0 aliphatic rings. The molecule has 0 aliphatic carbocycles. The zero-order valence-corrected chi connectivity index (χ0v) is 13.9. The van der Waals surface area contributed by atoms with Crippen LogP contribution in [0.2, 0.25) is 0 Å². The number of rotatable bonds is 4. The van der Waals surface area contributed by atoms with Crippen molar-refractivity contribution >= 4 is 31.3 Å². The molecule has 1 N–H and O–H groups in total. The van der Waals surface area contributed by atoms with E-state index < -0.39 is 9.05 Å². The fourth-order valence-corrected chi connectivity index (χ4v) is 2.67. The maximum Gasteiger partial charge on any atom is 0.261 e. The van der Waals surface area contributed by atoms with Gasteiger partial charge >= 0.3 is 0 Å². The second kappa shape index (κ2) is 6.14. The Bertz CT molecular complexity index is 622. The summed E-state index contributed by atoms with van der Waals surface area (Å²) < 4.78 is 23.0. The summed E-state index contributed by atoms with van der Waals surface area (Å²) >= 11 is 0. The number of halogens is 1. The SMILES string of the molecule is Cc1cc(S(=O)(=O)Cl)cc(C(C)C)c1NC(=O)C(C)C. The Kier molecular flexibility index (Phi) is 5.21. The molecule has 4 nitrogen and oxygen atoms in total. The number of nitrogens with one attached hydrogen (secondary N) is 1. The van der Waals surface area contributed by atoms with Crippen LogP contribution in [-0.2, 0) is 13.8 Å². The molecule has 0 saturated heterocycles. The van der Waals surface area contributed by atoms with Gasteiger partial charge in [0.25, 0.3) is 9.05 Å². The molecule has 20 heavy (non-hydrogen) atoms. The lowest BCUT2D eigenvalue weighted by Crippen LogP contribution is -2.20. The van der Waals surface area contributed by atoms with Gasteiger partial charge in [-0.15, -0.1) is 0 Å². The van der Waals surface area contributed by atoms with Crippen LogP contribution in [0.15, 0.2) is 17.0 Å². The fraction of sp³-hybridized carbons (Fsp3) is 0.500. The standard InChI is InChI=1S/C14H20ClNO3S/c1-8(2)12-7-11(20(15,18)19)6-10(5)13(12)16-14(17)9(3)4/h6-9H,1-5H3,(H,16,17). The molecular weight excluding hydrogens is 298 g/mol. The van der Waals surface area contributed by atoms with E-state index in [1.165, 1.54) is 12.1 Å². The molecule has 1 amide bonds. The molecule has 0 aliphatic heterocycles. The van der Waals surface area contributed by atoms with E-state index in [1.807, 2.05) is 13.8 Å². The minimum Gasteiger partial charge on any atom is -0.325 e. The Morgan fingerprint density at radius 2 is 1.75 bits per heavy atom. The molecule has 0 spiro atoms. The van der Waals surface area contributed by atoms with Gasteiger partial charge in [-0.3, -0.25) is 4.79 Å². The highest BCUT2D eigenvalue weighted by Crippen LogP contribution is 2.32. The molecular formula is C14H20ClNO3S. The summed E-state index contributed by atoms with van der Waals surface area (Å²) in [6.07, 6.45) is 0. The van der Waals surface area contributed by atoms with Gasteiger partial charge in [-0.2, -0.15) is 0 Å². The largest absolute Gasteiger partial charge is 0.325 e. The second-order valence-electron chi connectivity index (χ2n) is 5.44. The number of carbonyl (C=O) groups is 1. The van der Waals surface area contributed by atoms with Gasteiger partial charge in [-0.25, -0.2) is 8.42 Å². The van der Waals surface area contributed by atoms with Gasteiger partial charge in [0.15, 0.2) is 0 Å². The third-order valence-corrected chi connectivity index (χ3v) is 4.35. The number of aryl methyl sites for hydroxylation is 1. The van der Waals surface area contributed by atoms with Gasteiger partial charge in [-0.1, -0.05) is 27.7 Å². The van der Waals surface area contributed by atoms with E-state index in [9.17, 15) is 13.2 Å². The van der Waals surface area contributed by atoms with Crippen LogP contribution in [0.3, 0.4) is 0 Å². The maximum absolute atomic E-state index is 11.9. The average Bonchev–Trinajstić information content (AvgIpc) is 2.29. The predicted molar refractivity (Wildman–Crippen MR) is 81.8 cm³/mol. The van der Waals surface area contributed by atoms with E-state index in [4.69, 9.17) is 10.7 Å². The van der Waals surface area contributed by atoms with Gasteiger partial charge < -0.3 is 5.32 Å². The van der Waals surface area contributed by atoms with Crippen LogP contribution in [0.25, 0.3) is 0 Å². The lowest BCUT2D eigenvalue weighted by atomic mass is 9.97. The number of hydrogen-bond donors (Lipinski definition) is 1. The van der Waals surface area contributed by atoms with Crippen molar-refractivity contribution in [1.82, 2.24) is 0 Å². The van der Waals surface area contributed by atoms with Crippen molar-refractivity contribution in [3.63, 3.8) is 0 Å². The van der Waals surface area contributed by atoms with E-state index in [2.05, 4.69) is 5.32 Å². The van der Waals surface area contributed by atoms with Crippen molar-refractivity contribution in [1.29, 1.82) is 0 Å². The van der Waals surface area contributed by atoms with E-state index in [0.29, 0.717) is 11.3 Å². The Labute approximate surface area is 124 Å². The summed E-state index contributed by atoms with van der Waals surface area (Å²) in [4.78, 5) is 11.9. The molecule has 1 rings (SSSR count). The first-order valence-electron chi connectivity index (χ1n) is 6.44. The first-order valence-corrected chi connectivity index (χ1v) is 8.75. The molecule has 1 aromatic carbocycles. The summed E-state index contributed by atoms with van der Waals surface area (Å²) in [7, 11) is 1.62. The number of carbonyl (C=O) groups excluding carboxylic acids is 1. The maximum atomic E-state index is 11.9. The first-order chi connectivity index (χ1) is 9.04. The Morgan fingerprint density at radius 3 is 2.15 bits per heavy atom. The third-order valence-electron chi connectivity index (χ3n) is 3.02. The van der Waals surface area contributed by atoms with Gasteiger partial charge in [0, 0.05) is 22.3 Å². The van der Waals surface area contributed by atoms with Crippen molar-refractivity contribution in [2.45, 2.75) is 45.4 Å². The van der Waals surface area contributed by atoms with Crippen LogP contribution in [0.4, 0.5) is 5.69 Å². The summed E-state index contributed by atoms with van der Waals surface area (Å²) in [6, 6.07) is 3.00. The highest BCUT2D eigenvalue weighted by Gasteiger charge is 2.19. The molecule has 0 atom stereocenters. The molecule has 0 saturated carbocycles. The summed E-state index contributed by atoms with van der Waals surface area (Å²) in [5.41, 5.74) is 2.12. The smallest absolute Gasteiger partial charge is 0.261 e. The van der Waals surface area contributed by atoms with E-state index in [0.717, 1.165) is 5.56 Å². The third kappa shape index (κ3) is 3.96. The lowest BCUT2D eigenvalue weighted by molar-refractivity contribution is -0.118. The quantitative estimate of drug-likeness (QED) is 0.862. The molecule has 0 heterocycles. The van der Waals surface area contributed by atoms with Crippen LogP contribution in [0.5, 0.6) is 0 Å². The molecule has 0 fully saturated rings. The second-order valence-corrected chi connectivity index (χ2v) is 8.01. The highest BCUT2D eigenvalue weighted by atomic mass is 35.7. The molecule has 6 heteroatoms. The van der Waals surface area contributed by atoms with Crippen molar-refractivity contribution in [3.8, 4) is 0 Å². The monoisotopic (exact) mass is 317 g/mol. The zero-order valence-electron chi connectivity index (χ0n) is 12.3. The molecule has 112 valence electrons. The lowest BCUT2D eigenvalue weighted by Gasteiger charge is -2.18. The molecule has 1 aromatic rings. The van der Waals surface area contributed by atoms with E-state index in [-0.39, 0.29) is 22.6 Å². The van der Waals surface area contributed by atoms with Crippen LogP contribution < -0.4 is 5.32 Å². The van der Waals surface area contributed by atoms with Gasteiger partial charge in [0.2, 0.25) is 5.91 Å². The van der Waals surface area contributed by atoms with Crippen molar-refractivity contribution < 1.29 is 13.2 Å². The number of anilines is 1. The Hall–Kier alpha value is -1.07. The van der Waals surface area contributed by atoms with E-state index in [1.54, 1.807) is 20.8 Å². The molecule has 0 radical (unpaired) electrons. The van der Waals surface area contributed by atoms with E-state index >= 15 is 0 Å². The average molecular weight is 318 g/mol. The Morgan fingerprint density at radius 1 is 1.20 bits per heavy atom. The summed E-state index contributed by atoms with van der Waals surface area (Å²) in [5.74, 6) is -0.183. The first kappa shape index (κ1) is 17.0. The van der Waals surface area contributed by atoms with Gasteiger partial charge in [0.05, 0.1) is 4.90 Å². The molecule has 0 aromatic heterocycles. The molecule has 0 unspecified atom stereocenters. The van der Waals surface area contributed by atoms with Crippen molar-refractivity contribution in [3.05, 3.63) is 23.3 Å². The van der Waals surface area contributed by atoms with Crippen LogP contribution in [0, 0.1) is 12.8 Å². The minimum atomic E-state index is -3.78. The summed E-state index contributed by atoms with van der Waals surface area (Å²) in [5, 5.41) is 2.86. The number of amides is 1. The van der Waals surface area contributed by atoms with Gasteiger partial charge in [-0.05, 0) is 36.1 Å².